The Morgan fingerprint density at radius 1 is 1.17 bits per heavy atom. The molecule has 156 valence electrons. The van der Waals surface area contributed by atoms with E-state index >= 15 is 0 Å². The number of carbonyl (C=O) groups excluding carboxylic acids is 1. The predicted octanol–water partition coefficient (Wildman–Crippen LogP) is 2.44. The van der Waals surface area contributed by atoms with Crippen molar-refractivity contribution in [3.8, 4) is 5.75 Å². The molecule has 2 aromatic carbocycles. The fraction of sp³-hybridized carbons (Fsp3) is 0.350. The molecule has 3 rings (SSSR count). The molecular formula is C20H23ClN2O5S. The van der Waals surface area contributed by atoms with Crippen LogP contribution < -0.4 is 9.46 Å². The first-order chi connectivity index (χ1) is 13.9. The monoisotopic (exact) mass is 438 g/mol. The summed E-state index contributed by atoms with van der Waals surface area (Å²) in [6.45, 7) is 3.89. The standard InChI is InChI=1S/C20H23ClN2O5S/c1-15(20(24)23-10-12-27-13-11-23)28-17-6-8-18(9-7-17)29(25,26)22-14-16-4-2-3-5-19(16)21/h2-9,15,22H,10-14H2,1H3/t15-/m1/s1. The first-order valence-corrected chi connectivity index (χ1v) is 11.1. The number of carbonyl (C=O) groups is 1. The van der Waals surface area contributed by atoms with Crippen LogP contribution in [0.15, 0.2) is 53.4 Å². The van der Waals surface area contributed by atoms with Crippen LogP contribution in [0.3, 0.4) is 0 Å². The van der Waals surface area contributed by atoms with Crippen LogP contribution in [-0.2, 0) is 26.1 Å². The van der Waals surface area contributed by atoms with Crippen LogP contribution >= 0.6 is 11.6 Å². The Bertz CT molecular complexity index is 944. The van der Waals surface area contributed by atoms with Gasteiger partial charge in [-0.25, -0.2) is 13.1 Å². The summed E-state index contributed by atoms with van der Waals surface area (Å²) in [7, 11) is -3.71. The van der Waals surface area contributed by atoms with Gasteiger partial charge in [-0.2, -0.15) is 0 Å². The minimum atomic E-state index is -3.71. The highest BCUT2D eigenvalue weighted by molar-refractivity contribution is 7.89. The van der Waals surface area contributed by atoms with Crippen molar-refractivity contribution in [1.29, 1.82) is 0 Å². The lowest BCUT2D eigenvalue weighted by atomic mass is 10.2. The third-order valence-corrected chi connectivity index (χ3v) is 6.31. The number of amides is 1. The SMILES string of the molecule is C[C@@H](Oc1ccc(S(=O)(=O)NCc2ccccc2Cl)cc1)C(=O)N1CCOCC1. The number of ether oxygens (including phenoxy) is 2. The van der Waals surface area contributed by atoms with Gasteiger partial charge in [0.1, 0.15) is 5.75 Å². The molecule has 1 amide bonds. The molecule has 1 saturated heterocycles. The van der Waals surface area contributed by atoms with Gasteiger partial charge in [0.05, 0.1) is 18.1 Å². The lowest BCUT2D eigenvalue weighted by Gasteiger charge is -2.29. The van der Waals surface area contributed by atoms with E-state index in [2.05, 4.69) is 4.72 Å². The van der Waals surface area contributed by atoms with Gasteiger partial charge in [0.2, 0.25) is 10.0 Å². The summed E-state index contributed by atoms with van der Waals surface area (Å²) >= 11 is 6.06. The zero-order valence-corrected chi connectivity index (χ0v) is 17.6. The maximum absolute atomic E-state index is 12.5. The second-order valence-corrected chi connectivity index (χ2v) is 8.76. The summed E-state index contributed by atoms with van der Waals surface area (Å²) in [6.07, 6.45) is -0.672. The highest BCUT2D eigenvalue weighted by Gasteiger charge is 2.24. The molecule has 0 bridgehead atoms. The van der Waals surface area contributed by atoms with Crippen molar-refractivity contribution in [1.82, 2.24) is 9.62 Å². The molecule has 1 fully saturated rings. The number of benzene rings is 2. The Morgan fingerprint density at radius 2 is 1.83 bits per heavy atom. The van der Waals surface area contributed by atoms with Gasteiger partial charge in [0.25, 0.3) is 5.91 Å². The number of rotatable bonds is 7. The Kier molecular flexibility index (Phi) is 7.13. The third kappa shape index (κ3) is 5.70. The molecule has 1 aliphatic rings. The van der Waals surface area contributed by atoms with Crippen molar-refractivity contribution in [2.45, 2.75) is 24.5 Å². The van der Waals surface area contributed by atoms with Crippen LogP contribution in [0.5, 0.6) is 5.75 Å². The van der Waals surface area contributed by atoms with E-state index in [9.17, 15) is 13.2 Å². The largest absolute Gasteiger partial charge is 0.481 e. The van der Waals surface area contributed by atoms with E-state index in [0.29, 0.717) is 42.6 Å². The zero-order chi connectivity index (χ0) is 20.9. The number of sulfonamides is 1. The van der Waals surface area contributed by atoms with Gasteiger partial charge in [-0.15, -0.1) is 0 Å². The van der Waals surface area contributed by atoms with Gasteiger partial charge in [0, 0.05) is 24.7 Å². The molecule has 7 nitrogen and oxygen atoms in total. The molecule has 0 spiro atoms. The summed E-state index contributed by atoms with van der Waals surface area (Å²) in [5.74, 6) is 0.301. The Balaban J connectivity index is 1.59. The van der Waals surface area contributed by atoms with E-state index in [1.54, 1.807) is 36.1 Å². The lowest BCUT2D eigenvalue weighted by Crippen LogP contribution is -2.46. The van der Waals surface area contributed by atoms with Crippen LogP contribution in [0, 0.1) is 0 Å². The maximum atomic E-state index is 12.5. The molecule has 0 aromatic heterocycles. The number of hydrogen-bond acceptors (Lipinski definition) is 5. The molecule has 1 N–H and O–H groups in total. The highest BCUT2D eigenvalue weighted by atomic mass is 35.5. The van der Waals surface area contributed by atoms with Crippen molar-refractivity contribution in [2.24, 2.45) is 0 Å². The highest BCUT2D eigenvalue weighted by Crippen LogP contribution is 2.19. The van der Waals surface area contributed by atoms with Gasteiger partial charge >= 0.3 is 0 Å². The Labute approximate surface area is 175 Å². The van der Waals surface area contributed by atoms with E-state index < -0.39 is 16.1 Å². The molecule has 0 saturated carbocycles. The van der Waals surface area contributed by atoms with Crippen molar-refractivity contribution >= 4 is 27.5 Å². The summed E-state index contributed by atoms with van der Waals surface area (Å²) in [5.41, 5.74) is 0.688. The van der Waals surface area contributed by atoms with E-state index in [0.717, 1.165) is 0 Å². The second-order valence-electron chi connectivity index (χ2n) is 6.59. The topological polar surface area (TPSA) is 84.9 Å². The van der Waals surface area contributed by atoms with E-state index in [-0.39, 0.29) is 17.3 Å². The molecule has 0 radical (unpaired) electrons. The van der Waals surface area contributed by atoms with Crippen molar-refractivity contribution in [3.63, 3.8) is 0 Å². The summed E-state index contributed by atoms with van der Waals surface area (Å²) in [5, 5.41) is 0.498. The van der Waals surface area contributed by atoms with Gasteiger partial charge in [-0.05, 0) is 42.8 Å². The summed E-state index contributed by atoms with van der Waals surface area (Å²) in [4.78, 5) is 14.2. The minimum absolute atomic E-state index is 0.0886. The van der Waals surface area contributed by atoms with Crippen LogP contribution in [-0.4, -0.2) is 51.6 Å². The fourth-order valence-electron chi connectivity index (χ4n) is 2.89. The zero-order valence-electron chi connectivity index (χ0n) is 16.0. The average molecular weight is 439 g/mol. The number of hydrogen-bond donors (Lipinski definition) is 1. The van der Waals surface area contributed by atoms with Gasteiger partial charge in [-0.3, -0.25) is 4.79 Å². The van der Waals surface area contributed by atoms with E-state index in [1.807, 2.05) is 0 Å². The van der Waals surface area contributed by atoms with Crippen LogP contribution in [0.4, 0.5) is 0 Å². The van der Waals surface area contributed by atoms with Crippen molar-refractivity contribution < 1.29 is 22.7 Å². The van der Waals surface area contributed by atoms with Crippen LogP contribution in [0.2, 0.25) is 5.02 Å². The molecule has 1 aliphatic heterocycles. The normalized spacial score (nSPS) is 15.7. The van der Waals surface area contributed by atoms with Gasteiger partial charge < -0.3 is 14.4 Å². The Morgan fingerprint density at radius 3 is 2.48 bits per heavy atom. The van der Waals surface area contributed by atoms with E-state index in [1.165, 1.54) is 24.3 Å². The first kappa shape index (κ1) is 21.6. The molecule has 1 heterocycles. The number of nitrogens with zero attached hydrogens (tertiary/aromatic N) is 1. The predicted molar refractivity (Wildman–Crippen MR) is 109 cm³/mol. The Hall–Kier alpha value is -2.13. The molecule has 2 aromatic rings. The maximum Gasteiger partial charge on any atom is 0.263 e. The molecule has 9 heteroatoms. The second kappa shape index (κ2) is 9.58. The van der Waals surface area contributed by atoms with Gasteiger partial charge in [-0.1, -0.05) is 29.8 Å². The van der Waals surface area contributed by atoms with E-state index in [4.69, 9.17) is 21.1 Å². The molecule has 1 atom stereocenters. The quantitative estimate of drug-likeness (QED) is 0.717. The number of halogens is 1. The molecular weight excluding hydrogens is 416 g/mol. The smallest absolute Gasteiger partial charge is 0.263 e. The van der Waals surface area contributed by atoms with Crippen molar-refractivity contribution in [3.05, 3.63) is 59.1 Å². The number of morpholine rings is 1. The number of nitrogens with one attached hydrogen (secondary N) is 1. The lowest BCUT2D eigenvalue weighted by molar-refractivity contribution is -0.142. The van der Waals surface area contributed by atoms with Crippen LogP contribution in [0.25, 0.3) is 0 Å². The molecule has 0 unspecified atom stereocenters. The summed E-state index contributed by atoms with van der Waals surface area (Å²) < 4.78 is 38.4. The van der Waals surface area contributed by atoms with Gasteiger partial charge in [0.15, 0.2) is 6.10 Å². The third-order valence-electron chi connectivity index (χ3n) is 4.53. The molecule has 29 heavy (non-hydrogen) atoms. The molecule has 0 aliphatic carbocycles. The average Bonchev–Trinajstić information content (AvgIpc) is 2.73. The van der Waals surface area contributed by atoms with Crippen LogP contribution in [0.1, 0.15) is 12.5 Å². The summed E-state index contributed by atoms with van der Waals surface area (Å²) in [6, 6.07) is 13.0. The van der Waals surface area contributed by atoms with Crippen molar-refractivity contribution in [2.75, 3.05) is 26.3 Å². The fourth-order valence-corrected chi connectivity index (χ4v) is 4.10. The first-order valence-electron chi connectivity index (χ1n) is 9.23. The minimum Gasteiger partial charge on any atom is -0.481 e.